The summed E-state index contributed by atoms with van der Waals surface area (Å²) in [5, 5.41) is 0. The fraction of sp³-hybridized carbons (Fsp3) is 1.00. The second-order valence-corrected chi connectivity index (χ2v) is 5.92. The van der Waals surface area contributed by atoms with E-state index in [9.17, 15) is 12.8 Å². The highest BCUT2D eigenvalue weighted by atomic mass is 32.2. The molecule has 1 atom stereocenters. The van der Waals surface area contributed by atoms with E-state index in [4.69, 9.17) is 0 Å². The first-order valence-corrected chi connectivity index (χ1v) is 7.09. The van der Waals surface area contributed by atoms with Gasteiger partial charge in [0.25, 0.3) is 0 Å². The lowest BCUT2D eigenvalue weighted by molar-refractivity contribution is 0.118. The molecule has 0 aromatic heterocycles. The summed E-state index contributed by atoms with van der Waals surface area (Å²) in [6.45, 7) is 4.00. The predicted octanol–water partition coefficient (Wildman–Crippen LogP) is 0.312. The minimum Gasteiger partial charge on any atom is -0.300 e. The molecule has 0 spiro atoms. The number of hydrogen-bond acceptors (Lipinski definition) is 3. The van der Waals surface area contributed by atoms with Crippen molar-refractivity contribution in [3.05, 3.63) is 0 Å². The highest BCUT2D eigenvalue weighted by Crippen LogP contribution is 2.14. The molecule has 0 aliphatic carbocycles. The van der Waals surface area contributed by atoms with Crippen molar-refractivity contribution in [2.45, 2.75) is 19.4 Å². The van der Waals surface area contributed by atoms with Crippen molar-refractivity contribution in [1.82, 2.24) is 9.21 Å². The van der Waals surface area contributed by atoms with Crippen LogP contribution in [0.3, 0.4) is 0 Å². The molecule has 1 unspecified atom stereocenters. The smallest absolute Gasteiger partial charge is 0.211 e. The molecule has 0 aromatic rings. The SMILES string of the molecule is CCCN1CCN(S(C)(=O)=O)C(CF)C1. The molecule has 6 heteroatoms. The van der Waals surface area contributed by atoms with Crippen molar-refractivity contribution in [1.29, 1.82) is 0 Å². The van der Waals surface area contributed by atoms with Gasteiger partial charge in [-0.1, -0.05) is 6.92 Å². The summed E-state index contributed by atoms with van der Waals surface area (Å²) in [6, 6.07) is -0.500. The van der Waals surface area contributed by atoms with E-state index in [0.29, 0.717) is 19.6 Å². The van der Waals surface area contributed by atoms with Gasteiger partial charge in [-0.05, 0) is 13.0 Å². The number of halogens is 1. The van der Waals surface area contributed by atoms with Gasteiger partial charge in [0, 0.05) is 19.6 Å². The van der Waals surface area contributed by atoms with Gasteiger partial charge in [-0.25, -0.2) is 12.8 Å². The van der Waals surface area contributed by atoms with Crippen molar-refractivity contribution in [3.8, 4) is 0 Å². The average molecular weight is 238 g/mol. The predicted molar refractivity (Wildman–Crippen MR) is 58.0 cm³/mol. The van der Waals surface area contributed by atoms with Crippen LogP contribution in [0.5, 0.6) is 0 Å². The molecule has 90 valence electrons. The Labute approximate surface area is 91.1 Å². The fourth-order valence-corrected chi connectivity index (χ4v) is 3.06. The molecule has 1 heterocycles. The molecule has 0 N–H and O–H groups in total. The van der Waals surface area contributed by atoms with Gasteiger partial charge >= 0.3 is 0 Å². The average Bonchev–Trinajstić information content (AvgIpc) is 2.16. The molecule has 4 nitrogen and oxygen atoms in total. The van der Waals surface area contributed by atoms with E-state index in [1.165, 1.54) is 4.31 Å². The zero-order chi connectivity index (χ0) is 11.5. The topological polar surface area (TPSA) is 40.6 Å². The van der Waals surface area contributed by atoms with Gasteiger partial charge in [-0.15, -0.1) is 0 Å². The van der Waals surface area contributed by atoms with Crippen LogP contribution in [0.1, 0.15) is 13.3 Å². The van der Waals surface area contributed by atoms with E-state index in [1.807, 2.05) is 0 Å². The highest BCUT2D eigenvalue weighted by molar-refractivity contribution is 7.88. The standard InChI is InChI=1S/C9H19FN2O2S/c1-3-4-11-5-6-12(15(2,13)14)9(7-10)8-11/h9H,3-8H2,1-2H3. The highest BCUT2D eigenvalue weighted by Gasteiger charge is 2.32. The first kappa shape index (κ1) is 12.9. The van der Waals surface area contributed by atoms with E-state index in [1.54, 1.807) is 0 Å². The summed E-state index contributed by atoms with van der Waals surface area (Å²) in [6.07, 6.45) is 2.16. The van der Waals surface area contributed by atoms with Crippen LogP contribution in [0, 0.1) is 0 Å². The van der Waals surface area contributed by atoms with E-state index in [-0.39, 0.29) is 0 Å². The molecule has 1 aliphatic heterocycles. The lowest BCUT2D eigenvalue weighted by atomic mass is 10.2. The molecule has 1 rings (SSSR count). The molecule has 1 aliphatic rings. The number of sulfonamides is 1. The van der Waals surface area contributed by atoms with Crippen LogP contribution in [0.15, 0.2) is 0 Å². The number of alkyl halides is 1. The van der Waals surface area contributed by atoms with Crippen LogP contribution in [0.4, 0.5) is 4.39 Å². The molecule has 0 bridgehead atoms. The van der Waals surface area contributed by atoms with Crippen LogP contribution in [-0.4, -0.2) is 62.8 Å². The van der Waals surface area contributed by atoms with Crippen molar-refractivity contribution in [3.63, 3.8) is 0 Å². The van der Waals surface area contributed by atoms with E-state index >= 15 is 0 Å². The maximum Gasteiger partial charge on any atom is 0.211 e. The van der Waals surface area contributed by atoms with Gasteiger partial charge in [-0.2, -0.15) is 4.31 Å². The minimum atomic E-state index is -3.26. The number of hydrogen-bond donors (Lipinski definition) is 0. The van der Waals surface area contributed by atoms with Gasteiger partial charge in [-0.3, -0.25) is 0 Å². The summed E-state index contributed by atoms with van der Waals surface area (Å²) >= 11 is 0. The summed E-state index contributed by atoms with van der Waals surface area (Å²) in [4.78, 5) is 2.12. The quantitative estimate of drug-likeness (QED) is 0.708. The largest absolute Gasteiger partial charge is 0.300 e. The third-order valence-corrected chi connectivity index (χ3v) is 3.99. The normalized spacial score (nSPS) is 25.7. The Morgan fingerprint density at radius 3 is 2.53 bits per heavy atom. The number of piperazine rings is 1. The van der Waals surface area contributed by atoms with E-state index in [2.05, 4.69) is 11.8 Å². The Morgan fingerprint density at radius 1 is 1.40 bits per heavy atom. The first-order valence-electron chi connectivity index (χ1n) is 5.24. The lowest BCUT2D eigenvalue weighted by Crippen LogP contribution is -2.55. The Hall–Kier alpha value is -0.200. The second-order valence-electron chi connectivity index (χ2n) is 3.98. The van der Waals surface area contributed by atoms with Gasteiger partial charge in [0.1, 0.15) is 6.67 Å². The van der Waals surface area contributed by atoms with Crippen molar-refractivity contribution in [2.24, 2.45) is 0 Å². The van der Waals surface area contributed by atoms with Crippen LogP contribution in [0.2, 0.25) is 0 Å². The van der Waals surface area contributed by atoms with Crippen LogP contribution in [0.25, 0.3) is 0 Å². The molecular weight excluding hydrogens is 219 g/mol. The molecule has 1 fully saturated rings. The Bertz CT molecular complexity index is 294. The molecule has 1 saturated heterocycles. The van der Waals surface area contributed by atoms with E-state index in [0.717, 1.165) is 19.2 Å². The Balaban J connectivity index is 2.65. The van der Waals surface area contributed by atoms with Crippen LogP contribution in [-0.2, 0) is 10.0 Å². The third-order valence-electron chi connectivity index (χ3n) is 2.66. The Kier molecular flexibility index (Phi) is 4.48. The Morgan fingerprint density at radius 2 is 2.07 bits per heavy atom. The second kappa shape index (κ2) is 5.23. The third kappa shape index (κ3) is 3.39. The molecule has 15 heavy (non-hydrogen) atoms. The first-order chi connectivity index (χ1) is 6.99. The summed E-state index contributed by atoms with van der Waals surface area (Å²) < 4.78 is 36.7. The van der Waals surface area contributed by atoms with Crippen LogP contribution >= 0.6 is 0 Å². The van der Waals surface area contributed by atoms with Gasteiger partial charge in [0.15, 0.2) is 0 Å². The summed E-state index contributed by atoms with van der Waals surface area (Å²) in [7, 11) is -3.26. The van der Waals surface area contributed by atoms with Crippen molar-refractivity contribution in [2.75, 3.05) is 39.1 Å². The molecule has 0 radical (unpaired) electrons. The lowest BCUT2D eigenvalue weighted by Gasteiger charge is -2.38. The maximum absolute atomic E-state index is 12.7. The zero-order valence-electron chi connectivity index (χ0n) is 9.32. The summed E-state index contributed by atoms with van der Waals surface area (Å²) in [5.41, 5.74) is 0. The van der Waals surface area contributed by atoms with Crippen molar-refractivity contribution < 1.29 is 12.8 Å². The molecule has 0 saturated carbocycles. The van der Waals surface area contributed by atoms with Gasteiger partial charge < -0.3 is 4.90 Å². The van der Waals surface area contributed by atoms with Gasteiger partial charge in [0.05, 0.1) is 12.3 Å². The molecule has 0 amide bonds. The van der Waals surface area contributed by atoms with Gasteiger partial charge in [0.2, 0.25) is 10.0 Å². The molecule has 0 aromatic carbocycles. The zero-order valence-corrected chi connectivity index (χ0v) is 10.1. The number of rotatable bonds is 4. The molecular formula is C9H19FN2O2S. The minimum absolute atomic E-state index is 0.410. The van der Waals surface area contributed by atoms with Crippen LogP contribution < -0.4 is 0 Å². The summed E-state index contributed by atoms with van der Waals surface area (Å²) in [5.74, 6) is 0. The number of nitrogens with zero attached hydrogens (tertiary/aromatic N) is 2. The van der Waals surface area contributed by atoms with Crippen molar-refractivity contribution >= 4 is 10.0 Å². The fourth-order valence-electron chi connectivity index (χ4n) is 1.98. The maximum atomic E-state index is 12.7. The monoisotopic (exact) mass is 238 g/mol. The van der Waals surface area contributed by atoms with E-state index < -0.39 is 22.7 Å².